The number of fused-ring (bicyclic) bond motifs is 1. The first kappa shape index (κ1) is 39.0. The molecule has 290 valence electrons. The SMILES string of the molecule is COO/C=N\[C@H](C(=O)N1C[C@H](O)C[C@H]1c1nc2cc(C#Cc3ccc(-c4c[nH]c([C@@H]5CCCN5C(=O)[C@@H](NC(=O)OC)C(C)C)n4)cc3)ccc2[nH]1)C(C)C. The van der Waals surface area contributed by atoms with E-state index in [9.17, 15) is 19.5 Å². The number of carbonyl (C=O) groups excluding carboxylic acids is 3. The number of alkyl carbamates (subject to hydrolysis) is 1. The number of methoxy groups -OCH3 is 1. The summed E-state index contributed by atoms with van der Waals surface area (Å²) in [6, 6.07) is 11.4. The van der Waals surface area contributed by atoms with Crippen molar-refractivity contribution in [3.8, 4) is 23.1 Å². The minimum Gasteiger partial charge on any atom is -0.453 e. The average Bonchev–Trinajstić information content (AvgIpc) is 4.00. The minimum atomic E-state index is -0.706. The van der Waals surface area contributed by atoms with Crippen LogP contribution in [0.5, 0.6) is 0 Å². The molecular weight excluding hydrogens is 704 g/mol. The largest absolute Gasteiger partial charge is 0.453 e. The van der Waals surface area contributed by atoms with Crippen molar-refractivity contribution in [1.29, 1.82) is 0 Å². The Kier molecular flexibility index (Phi) is 12.2. The van der Waals surface area contributed by atoms with Gasteiger partial charge in [-0.25, -0.2) is 19.8 Å². The molecule has 0 aliphatic carbocycles. The van der Waals surface area contributed by atoms with Crippen molar-refractivity contribution in [3.63, 3.8) is 0 Å². The Hall–Kier alpha value is -5.72. The van der Waals surface area contributed by atoms with Gasteiger partial charge in [-0.15, -0.1) is 0 Å². The molecule has 0 radical (unpaired) electrons. The molecule has 4 N–H and O–H groups in total. The van der Waals surface area contributed by atoms with Crippen molar-refractivity contribution in [3.05, 3.63) is 71.4 Å². The number of β-amino-alcohol motifs (C(OH)–C–C–N with tert-alkyl or cyclic N) is 1. The summed E-state index contributed by atoms with van der Waals surface area (Å²) in [5.74, 6) is 7.14. The van der Waals surface area contributed by atoms with Gasteiger partial charge in [-0.2, -0.15) is 4.89 Å². The summed E-state index contributed by atoms with van der Waals surface area (Å²) in [6.07, 6.45) is 3.59. The number of hydrogen-bond donors (Lipinski definition) is 4. The summed E-state index contributed by atoms with van der Waals surface area (Å²) in [5, 5.41) is 13.2. The number of aliphatic hydroxyl groups is 1. The van der Waals surface area contributed by atoms with E-state index in [1.165, 1.54) is 14.2 Å². The number of H-pyrrole nitrogens is 2. The second-order valence-corrected chi connectivity index (χ2v) is 14.5. The van der Waals surface area contributed by atoms with Crippen molar-refractivity contribution in [2.24, 2.45) is 16.8 Å². The van der Waals surface area contributed by atoms with Crippen molar-refractivity contribution >= 4 is 35.3 Å². The van der Waals surface area contributed by atoms with Crippen LogP contribution in [0.1, 0.15) is 81.8 Å². The molecule has 0 bridgehead atoms. The number of nitrogens with one attached hydrogen (secondary N) is 3. The number of rotatable bonds is 11. The zero-order valence-electron chi connectivity index (χ0n) is 31.9. The summed E-state index contributed by atoms with van der Waals surface area (Å²) >= 11 is 0. The maximum Gasteiger partial charge on any atom is 0.407 e. The zero-order chi connectivity index (χ0) is 39.2. The fraction of sp³-hybridized carbons (Fsp3) is 0.450. The van der Waals surface area contributed by atoms with E-state index in [4.69, 9.17) is 19.6 Å². The fourth-order valence-electron chi connectivity index (χ4n) is 7.12. The topological polar surface area (TPSA) is 187 Å². The third kappa shape index (κ3) is 8.82. The van der Waals surface area contributed by atoms with Gasteiger partial charge in [0.25, 0.3) is 0 Å². The summed E-state index contributed by atoms with van der Waals surface area (Å²) in [4.78, 5) is 72.3. The van der Waals surface area contributed by atoms with Crippen molar-refractivity contribution in [2.75, 3.05) is 27.3 Å². The van der Waals surface area contributed by atoms with Gasteiger partial charge in [0.2, 0.25) is 18.2 Å². The summed E-state index contributed by atoms with van der Waals surface area (Å²) in [5.41, 5.74) is 4.75. The lowest BCUT2D eigenvalue weighted by molar-refractivity contribution is -0.188. The number of imidazole rings is 2. The molecule has 3 amide bonds. The maximum atomic E-state index is 13.6. The molecule has 2 aromatic heterocycles. The predicted molar refractivity (Wildman–Crippen MR) is 204 cm³/mol. The van der Waals surface area contributed by atoms with Crippen molar-refractivity contribution < 1.29 is 34.0 Å². The number of nitrogens with zero attached hydrogens (tertiary/aromatic N) is 5. The summed E-state index contributed by atoms with van der Waals surface area (Å²) in [7, 11) is 2.64. The van der Waals surface area contributed by atoms with Crippen LogP contribution in [0.2, 0.25) is 0 Å². The highest BCUT2D eigenvalue weighted by Crippen LogP contribution is 2.34. The number of benzene rings is 2. The van der Waals surface area contributed by atoms with Gasteiger partial charge in [-0.3, -0.25) is 9.59 Å². The number of ether oxygens (including phenoxy) is 1. The number of aromatic nitrogens is 4. The van der Waals surface area contributed by atoms with Crippen molar-refractivity contribution in [2.45, 2.75) is 77.2 Å². The van der Waals surface area contributed by atoms with Gasteiger partial charge in [0, 0.05) is 42.4 Å². The second-order valence-electron chi connectivity index (χ2n) is 14.5. The maximum absolute atomic E-state index is 13.6. The van der Waals surface area contributed by atoms with Gasteiger partial charge in [-0.05, 0) is 55.0 Å². The van der Waals surface area contributed by atoms with Crippen LogP contribution in [0.3, 0.4) is 0 Å². The van der Waals surface area contributed by atoms with E-state index in [1.807, 2.05) is 76.4 Å². The van der Waals surface area contributed by atoms with Crippen LogP contribution in [0.4, 0.5) is 4.79 Å². The number of aliphatic hydroxyl groups excluding tert-OH is 1. The van der Waals surface area contributed by atoms with Gasteiger partial charge in [0.1, 0.15) is 23.7 Å². The van der Waals surface area contributed by atoms with E-state index in [2.05, 4.69) is 37.0 Å². The summed E-state index contributed by atoms with van der Waals surface area (Å²) < 4.78 is 4.74. The van der Waals surface area contributed by atoms with E-state index in [0.717, 1.165) is 47.1 Å². The molecule has 4 heterocycles. The number of likely N-dealkylation sites (tertiary alicyclic amines) is 2. The molecule has 4 aromatic rings. The van der Waals surface area contributed by atoms with Crippen LogP contribution in [0, 0.1) is 23.7 Å². The highest BCUT2D eigenvalue weighted by atomic mass is 17.2. The molecular formula is C40H48N8O7. The molecule has 5 atom stereocenters. The highest BCUT2D eigenvalue weighted by molar-refractivity contribution is 5.86. The normalized spacial score (nSPS) is 19.5. The van der Waals surface area contributed by atoms with Crippen LogP contribution in [-0.2, 0) is 24.1 Å². The van der Waals surface area contributed by atoms with Crippen LogP contribution in [0.25, 0.3) is 22.3 Å². The molecule has 15 heteroatoms. The Morgan fingerprint density at radius 1 is 0.964 bits per heavy atom. The Morgan fingerprint density at radius 2 is 1.71 bits per heavy atom. The van der Waals surface area contributed by atoms with Gasteiger partial charge in [-0.1, -0.05) is 51.7 Å². The predicted octanol–water partition coefficient (Wildman–Crippen LogP) is 4.66. The van der Waals surface area contributed by atoms with Crippen LogP contribution in [0.15, 0.2) is 53.7 Å². The molecule has 2 aliphatic heterocycles. The standard InChI is InChI=1S/C40H48N8O7/c1-23(2)34(42-22-55-54-6)38(50)48-21-28(49)19-33(48)37-43-29-16-13-26(18-30(29)44-37)10-9-25-11-14-27(15-12-25)31-20-41-36(45-31)32-8-7-17-47(32)39(51)35(24(3)4)46-40(52)53-5/h11-16,18,20,22-24,28,32-35,49H,7-8,17,19,21H2,1-6H3,(H,41,45)(H,43,44)(H,46,52)/b42-22-/t28-,32+,33+,34+,35+/m1/s1. The van der Waals surface area contributed by atoms with Crippen LogP contribution >= 0.6 is 0 Å². The Balaban J connectivity index is 1.13. The third-order valence-corrected chi connectivity index (χ3v) is 10.00. The van der Waals surface area contributed by atoms with E-state index >= 15 is 0 Å². The molecule has 0 unspecified atom stereocenters. The quantitative estimate of drug-likeness (QED) is 0.0556. The molecule has 0 spiro atoms. The lowest BCUT2D eigenvalue weighted by atomic mass is 10.0. The Labute approximate surface area is 319 Å². The first-order valence-electron chi connectivity index (χ1n) is 18.5. The van der Waals surface area contributed by atoms with Gasteiger partial charge < -0.3 is 39.8 Å². The smallest absolute Gasteiger partial charge is 0.407 e. The van der Waals surface area contributed by atoms with E-state index < -0.39 is 30.3 Å². The molecule has 55 heavy (non-hydrogen) atoms. The molecule has 0 saturated carbocycles. The third-order valence-electron chi connectivity index (χ3n) is 10.00. The zero-order valence-corrected chi connectivity index (χ0v) is 31.9. The first-order valence-corrected chi connectivity index (χ1v) is 18.5. The Bertz CT molecular complexity index is 2080. The first-order chi connectivity index (χ1) is 26.5. The van der Waals surface area contributed by atoms with Crippen LogP contribution < -0.4 is 5.32 Å². The number of aliphatic imine (C=N–C) groups is 1. The van der Waals surface area contributed by atoms with E-state index in [1.54, 1.807) is 9.80 Å². The molecule has 6 rings (SSSR count). The fourth-order valence-corrected chi connectivity index (χ4v) is 7.12. The number of carbonyl (C=O) groups is 3. The monoisotopic (exact) mass is 752 g/mol. The molecule has 2 fully saturated rings. The molecule has 2 aromatic carbocycles. The van der Waals surface area contributed by atoms with E-state index in [0.29, 0.717) is 30.1 Å². The van der Waals surface area contributed by atoms with E-state index in [-0.39, 0.29) is 36.2 Å². The molecule has 2 saturated heterocycles. The van der Waals surface area contributed by atoms with Crippen molar-refractivity contribution in [1.82, 2.24) is 35.1 Å². The van der Waals surface area contributed by atoms with Gasteiger partial charge in [0.15, 0.2) is 0 Å². The minimum absolute atomic E-state index is 0.108. The Morgan fingerprint density at radius 3 is 2.42 bits per heavy atom. The lowest BCUT2D eigenvalue weighted by Gasteiger charge is -2.29. The highest BCUT2D eigenvalue weighted by Gasteiger charge is 2.41. The second kappa shape index (κ2) is 17.2. The summed E-state index contributed by atoms with van der Waals surface area (Å²) in [6.45, 7) is 8.34. The lowest BCUT2D eigenvalue weighted by Crippen LogP contribution is -2.51. The molecule has 2 aliphatic rings. The number of aromatic amines is 2. The van der Waals surface area contributed by atoms with Crippen LogP contribution in [-0.4, -0.2) is 105 Å². The number of hydrogen-bond acceptors (Lipinski definition) is 10. The number of amides is 3. The van der Waals surface area contributed by atoms with Gasteiger partial charge in [0.05, 0.1) is 49.1 Å². The average molecular weight is 753 g/mol. The van der Waals surface area contributed by atoms with Gasteiger partial charge >= 0.3 is 6.09 Å². The molecule has 15 nitrogen and oxygen atoms in total.